The average molecular weight is 534 g/mol. The van der Waals surface area contributed by atoms with E-state index in [9.17, 15) is 22.8 Å². The number of aromatic nitrogens is 4. The highest BCUT2D eigenvalue weighted by atomic mass is 19.3. The second-order valence-corrected chi connectivity index (χ2v) is 9.37. The highest BCUT2D eigenvalue weighted by molar-refractivity contribution is 5.98. The van der Waals surface area contributed by atoms with Crippen LogP contribution in [0.15, 0.2) is 30.9 Å². The molecule has 1 saturated heterocycles. The number of halogens is 3. The van der Waals surface area contributed by atoms with Crippen molar-refractivity contribution in [2.45, 2.75) is 37.5 Å². The number of fused-ring (bicyclic) bond motifs is 1. The Balaban J connectivity index is 1.36. The molecule has 1 aliphatic carbocycles. The van der Waals surface area contributed by atoms with Crippen LogP contribution in [0.4, 0.5) is 13.2 Å². The fourth-order valence-corrected chi connectivity index (χ4v) is 4.85. The molecule has 1 aliphatic heterocycles. The number of rotatable bonds is 8. The van der Waals surface area contributed by atoms with Crippen LogP contribution < -0.4 is 15.5 Å². The first-order valence-electron chi connectivity index (χ1n) is 11.9. The number of amides is 2. The summed E-state index contributed by atoms with van der Waals surface area (Å²) in [6.07, 6.45) is 1.94. The number of alkyl halides is 3. The van der Waals surface area contributed by atoms with Crippen molar-refractivity contribution in [3.05, 3.63) is 42.0 Å². The number of carbonyl (C=O) groups is 2. The Bertz CT molecular complexity index is 1360. The second kappa shape index (κ2) is 10.2. The molecule has 2 aliphatic rings. The Kier molecular flexibility index (Phi) is 6.92. The quantitative estimate of drug-likeness (QED) is 0.420. The average Bonchev–Trinajstić information content (AvgIpc) is 3.45. The van der Waals surface area contributed by atoms with Crippen molar-refractivity contribution in [3.63, 3.8) is 0 Å². The Hall–Kier alpha value is -3.78. The first-order chi connectivity index (χ1) is 18.2. The van der Waals surface area contributed by atoms with E-state index in [0.717, 1.165) is 5.56 Å². The normalized spacial score (nSPS) is 20.9. The van der Waals surface area contributed by atoms with E-state index in [-0.39, 0.29) is 24.5 Å². The third-order valence-electron chi connectivity index (χ3n) is 6.83. The Labute approximate surface area is 215 Å². The summed E-state index contributed by atoms with van der Waals surface area (Å²) >= 11 is 0. The Morgan fingerprint density at radius 3 is 2.68 bits per heavy atom. The van der Waals surface area contributed by atoms with Gasteiger partial charge in [-0.3, -0.25) is 9.59 Å². The number of pyridine rings is 1. The van der Waals surface area contributed by atoms with Crippen molar-refractivity contribution in [2.24, 2.45) is 5.92 Å². The van der Waals surface area contributed by atoms with E-state index in [1.807, 2.05) is 6.07 Å². The van der Waals surface area contributed by atoms with Crippen LogP contribution in [0, 0.1) is 5.92 Å². The van der Waals surface area contributed by atoms with Gasteiger partial charge in [0.25, 0.3) is 5.91 Å². The van der Waals surface area contributed by atoms with E-state index in [0.29, 0.717) is 23.3 Å². The standard InChI is InChI=1S/C24H26F3N7O4/c1-37-22-16(21(35)32-18-11-33(10-17(18)25)23(36)15-5-24(26,27)6-15)3-13(7-29-22)19-4-14(8-31-38-2)20-9-28-12-30-34(19)20/h3-4,7,9,12,15,17-18,31H,5-6,8,10-11H2,1-2H3,(H,32,35). The maximum Gasteiger partial charge on any atom is 0.257 e. The van der Waals surface area contributed by atoms with E-state index < -0.39 is 48.7 Å². The molecule has 14 heteroatoms. The number of ether oxygens (including phenoxy) is 1. The fourth-order valence-electron chi connectivity index (χ4n) is 4.85. The highest BCUT2D eigenvalue weighted by Gasteiger charge is 2.51. The van der Waals surface area contributed by atoms with Gasteiger partial charge in [-0.05, 0) is 17.7 Å². The first-order valence-corrected chi connectivity index (χ1v) is 11.9. The van der Waals surface area contributed by atoms with Crippen molar-refractivity contribution < 1.29 is 32.3 Å². The minimum absolute atomic E-state index is 0.0287. The number of likely N-dealkylation sites (tertiary alicyclic amines) is 1. The van der Waals surface area contributed by atoms with Crippen molar-refractivity contribution in [1.29, 1.82) is 0 Å². The number of hydrogen-bond acceptors (Lipinski definition) is 8. The molecule has 0 bridgehead atoms. The van der Waals surface area contributed by atoms with Crippen molar-refractivity contribution in [3.8, 4) is 17.1 Å². The van der Waals surface area contributed by atoms with Gasteiger partial charge in [0.15, 0.2) is 0 Å². The van der Waals surface area contributed by atoms with Gasteiger partial charge in [0.2, 0.25) is 17.7 Å². The maximum absolute atomic E-state index is 14.8. The summed E-state index contributed by atoms with van der Waals surface area (Å²) in [5, 5.41) is 6.91. The van der Waals surface area contributed by atoms with E-state index in [4.69, 9.17) is 9.57 Å². The first kappa shape index (κ1) is 25.9. The lowest BCUT2D eigenvalue weighted by molar-refractivity contribution is -0.159. The molecule has 2 atom stereocenters. The third-order valence-corrected chi connectivity index (χ3v) is 6.83. The number of methoxy groups -OCH3 is 1. The minimum Gasteiger partial charge on any atom is -0.480 e. The minimum atomic E-state index is -2.85. The lowest BCUT2D eigenvalue weighted by Crippen LogP contribution is -2.47. The fraction of sp³-hybridized carbons (Fsp3) is 0.458. The van der Waals surface area contributed by atoms with Gasteiger partial charge in [0.05, 0.1) is 44.2 Å². The van der Waals surface area contributed by atoms with Crippen molar-refractivity contribution in [2.75, 3.05) is 27.3 Å². The molecular weight excluding hydrogens is 507 g/mol. The van der Waals surface area contributed by atoms with Crippen LogP contribution in [0.2, 0.25) is 0 Å². The molecular formula is C24H26F3N7O4. The molecule has 2 amide bonds. The summed E-state index contributed by atoms with van der Waals surface area (Å²) in [4.78, 5) is 40.2. The summed E-state index contributed by atoms with van der Waals surface area (Å²) in [5.74, 6) is -4.81. The SMILES string of the molecule is CONCc1cc(-c2cnc(OC)c(C(=O)NC3CN(C(=O)C4CC(F)(F)C4)CC3F)c2)n2ncncc12. The molecule has 1 saturated carbocycles. The van der Waals surface area contributed by atoms with Crippen molar-refractivity contribution in [1.82, 2.24) is 35.3 Å². The largest absolute Gasteiger partial charge is 0.480 e. The lowest BCUT2D eigenvalue weighted by Gasteiger charge is -2.36. The molecule has 3 aromatic heterocycles. The van der Waals surface area contributed by atoms with Gasteiger partial charge in [-0.1, -0.05) is 0 Å². The van der Waals surface area contributed by atoms with E-state index in [1.54, 1.807) is 16.8 Å². The summed E-state index contributed by atoms with van der Waals surface area (Å²) in [7, 11) is 2.86. The number of nitrogens with one attached hydrogen (secondary N) is 2. The van der Waals surface area contributed by atoms with Gasteiger partial charge < -0.3 is 19.8 Å². The van der Waals surface area contributed by atoms with Gasteiger partial charge in [-0.2, -0.15) is 10.6 Å². The molecule has 0 spiro atoms. The number of carbonyl (C=O) groups excluding carboxylic acids is 2. The second-order valence-electron chi connectivity index (χ2n) is 9.37. The predicted molar refractivity (Wildman–Crippen MR) is 127 cm³/mol. The smallest absolute Gasteiger partial charge is 0.257 e. The number of hydrogen-bond donors (Lipinski definition) is 2. The number of hydroxylamine groups is 1. The lowest BCUT2D eigenvalue weighted by atomic mass is 9.80. The van der Waals surface area contributed by atoms with Gasteiger partial charge in [-0.25, -0.2) is 27.7 Å². The van der Waals surface area contributed by atoms with Crippen LogP contribution in [-0.2, 0) is 16.2 Å². The molecule has 0 radical (unpaired) electrons. The maximum atomic E-state index is 14.8. The molecule has 3 aromatic rings. The zero-order chi connectivity index (χ0) is 27.0. The van der Waals surface area contributed by atoms with Gasteiger partial charge >= 0.3 is 0 Å². The van der Waals surface area contributed by atoms with Crippen LogP contribution in [-0.4, -0.2) is 81.7 Å². The van der Waals surface area contributed by atoms with E-state index in [1.165, 1.54) is 31.6 Å². The van der Waals surface area contributed by atoms with Crippen LogP contribution in [0.3, 0.4) is 0 Å². The molecule has 2 unspecified atom stereocenters. The van der Waals surface area contributed by atoms with Crippen LogP contribution in [0.5, 0.6) is 5.88 Å². The summed E-state index contributed by atoms with van der Waals surface area (Å²) < 4.78 is 48.1. The molecule has 0 aromatic carbocycles. The van der Waals surface area contributed by atoms with Gasteiger partial charge in [0.1, 0.15) is 18.1 Å². The van der Waals surface area contributed by atoms with Crippen LogP contribution in [0.1, 0.15) is 28.8 Å². The van der Waals surface area contributed by atoms with Crippen LogP contribution in [0.25, 0.3) is 16.8 Å². The monoisotopic (exact) mass is 533 g/mol. The predicted octanol–water partition coefficient (Wildman–Crippen LogP) is 1.77. The Morgan fingerprint density at radius 2 is 1.97 bits per heavy atom. The number of nitrogens with zero attached hydrogens (tertiary/aromatic N) is 5. The molecule has 4 heterocycles. The molecule has 5 rings (SSSR count). The molecule has 202 valence electrons. The summed E-state index contributed by atoms with van der Waals surface area (Å²) in [5.41, 5.74) is 5.55. The molecule has 11 nitrogen and oxygen atoms in total. The summed E-state index contributed by atoms with van der Waals surface area (Å²) in [6.45, 7) is -0.00757. The zero-order valence-corrected chi connectivity index (χ0v) is 20.7. The molecule has 2 fully saturated rings. The van der Waals surface area contributed by atoms with Crippen LogP contribution >= 0.6 is 0 Å². The van der Waals surface area contributed by atoms with Gasteiger partial charge in [-0.15, -0.1) is 0 Å². The molecule has 2 N–H and O–H groups in total. The van der Waals surface area contributed by atoms with E-state index >= 15 is 0 Å². The third kappa shape index (κ3) is 4.88. The zero-order valence-electron chi connectivity index (χ0n) is 20.7. The molecule has 38 heavy (non-hydrogen) atoms. The Morgan fingerprint density at radius 1 is 1.18 bits per heavy atom. The summed E-state index contributed by atoms with van der Waals surface area (Å²) in [6, 6.07) is 2.40. The topological polar surface area (TPSA) is 123 Å². The van der Waals surface area contributed by atoms with Crippen molar-refractivity contribution >= 4 is 17.3 Å². The van der Waals surface area contributed by atoms with Gasteiger partial charge in [0, 0.05) is 43.6 Å². The van der Waals surface area contributed by atoms with E-state index in [2.05, 4.69) is 25.9 Å². The highest BCUT2D eigenvalue weighted by Crippen LogP contribution is 2.43.